The van der Waals surface area contributed by atoms with E-state index in [0.717, 1.165) is 10.9 Å². The van der Waals surface area contributed by atoms with Crippen molar-refractivity contribution in [3.8, 4) is 0 Å². The first kappa shape index (κ1) is 13.4. The number of aromatic nitrogens is 1. The van der Waals surface area contributed by atoms with Gasteiger partial charge in [0.05, 0.1) is 21.6 Å². The monoisotopic (exact) mass is 306 g/mol. The Morgan fingerprint density at radius 3 is 2.70 bits per heavy atom. The molecule has 0 fully saturated rings. The molecule has 0 aliphatic rings. The third-order valence-electron chi connectivity index (χ3n) is 3.80. The molecule has 6 heteroatoms. The van der Waals surface area contributed by atoms with Gasteiger partial charge >= 0.3 is 11.3 Å². The minimum atomic E-state index is -0.789. The van der Waals surface area contributed by atoms with E-state index < -0.39 is 17.2 Å². The van der Waals surface area contributed by atoms with Gasteiger partial charge in [-0.2, -0.15) is 0 Å². The molecule has 0 atom stereocenters. The summed E-state index contributed by atoms with van der Waals surface area (Å²) in [6.45, 7) is 1.30. The van der Waals surface area contributed by atoms with Crippen LogP contribution in [0.1, 0.15) is 6.92 Å². The van der Waals surface area contributed by atoms with E-state index in [-0.39, 0.29) is 10.7 Å². The lowest BCUT2D eigenvalue weighted by Gasteiger charge is -2.07. The number of benzene rings is 2. The molecule has 4 aromatic rings. The van der Waals surface area contributed by atoms with Crippen molar-refractivity contribution in [2.24, 2.45) is 4.99 Å². The second kappa shape index (κ2) is 4.61. The average molecular weight is 306 g/mol. The summed E-state index contributed by atoms with van der Waals surface area (Å²) in [7, 11) is 0. The van der Waals surface area contributed by atoms with Gasteiger partial charge in [-0.25, -0.2) is 14.6 Å². The van der Waals surface area contributed by atoms with Crippen LogP contribution in [0.25, 0.3) is 32.4 Å². The third-order valence-corrected chi connectivity index (χ3v) is 3.80. The first-order chi connectivity index (χ1) is 11.1. The Bertz CT molecular complexity index is 1280. The van der Waals surface area contributed by atoms with Crippen molar-refractivity contribution in [1.82, 2.24) is 4.98 Å². The summed E-state index contributed by atoms with van der Waals surface area (Å²) in [6.07, 6.45) is 1.76. The van der Waals surface area contributed by atoms with Crippen molar-refractivity contribution in [3.63, 3.8) is 0 Å². The molecule has 1 N–H and O–H groups in total. The third kappa shape index (κ3) is 1.88. The lowest BCUT2D eigenvalue weighted by atomic mass is 9.99. The highest BCUT2D eigenvalue weighted by atomic mass is 16.4. The molecular formula is C17H10N2O4. The minimum absolute atomic E-state index is 0.145. The first-order valence-electron chi connectivity index (χ1n) is 6.95. The molecule has 0 aliphatic carbocycles. The van der Waals surface area contributed by atoms with Crippen molar-refractivity contribution in [3.05, 3.63) is 62.7 Å². The van der Waals surface area contributed by atoms with Crippen molar-refractivity contribution >= 4 is 38.4 Å². The van der Waals surface area contributed by atoms with Gasteiger partial charge in [-0.05, 0) is 23.6 Å². The highest BCUT2D eigenvalue weighted by Crippen LogP contribution is 2.27. The number of pyridine rings is 1. The zero-order valence-corrected chi connectivity index (χ0v) is 12.0. The van der Waals surface area contributed by atoms with E-state index in [1.807, 2.05) is 12.1 Å². The molecule has 23 heavy (non-hydrogen) atoms. The van der Waals surface area contributed by atoms with Crippen LogP contribution < -0.4 is 16.6 Å². The van der Waals surface area contributed by atoms with Crippen LogP contribution in [0.15, 0.2) is 55.5 Å². The van der Waals surface area contributed by atoms with E-state index in [1.165, 1.54) is 6.92 Å². The Hall–Kier alpha value is -3.28. The van der Waals surface area contributed by atoms with E-state index in [4.69, 9.17) is 4.42 Å². The SMILES string of the molecule is CC(=O)N=c1ccc2c3[nH]cccc3cc3c(=O)oc(=O)c1c32. The number of nitrogens with one attached hydrogen (secondary N) is 1. The number of amides is 1. The molecule has 0 radical (unpaired) electrons. The number of rotatable bonds is 0. The zero-order chi connectivity index (χ0) is 16.1. The second-order valence-corrected chi connectivity index (χ2v) is 5.25. The van der Waals surface area contributed by atoms with Crippen LogP contribution in [0, 0.1) is 0 Å². The minimum Gasteiger partial charge on any atom is -0.386 e. The van der Waals surface area contributed by atoms with Crippen LogP contribution >= 0.6 is 0 Å². The summed E-state index contributed by atoms with van der Waals surface area (Å²) in [6, 6.07) is 8.68. The van der Waals surface area contributed by atoms with Crippen LogP contribution in [0.3, 0.4) is 0 Å². The Morgan fingerprint density at radius 2 is 1.91 bits per heavy atom. The summed E-state index contributed by atoms with van der Waals surface area (Å²) in [5.41, 5.74) is -0.689. The largest absolute Gasteiger partial charge is 0.386 e. The number of H-pyrrole nitrogens is 1. The van der Waals surface area contributed by atoms with E-state index >= 15 is 0 Å². The Kier molecular flexibility index (Phi) is 2.68. The van der Waals surface area contributed by atoms with Gasteiger partial charge in [-0.1, -0.05) is 12.1 Å². The first-order valence-corrected chi connectivity index (χ1v) is 6.95. The number of hydrogen-bond donors (Lipinski definition) is 1. The van der Waals surface area contributed by atoms with Crippen LogP contribution in [-0.4, -0.2) is 10.9 Å². The molecule has 0 saturated carbocycles. The van der Waals surface area contributed by atoms with Gasteiger partial charge in [-0.15, -0.1) is 0 Å². The second-order valence-electron chi connectivity index (χ2n) is 5.25. The molecule has 6 nitrogen and oxygen atoms in total. The number of carbonyl (C=O) groups excluding carboxylic acids is 1. The predicted molar refractivity (Wildman–Crippen MR) is 85.5 cm³/mol. The van der Waals surface area contributed by atoms with Gasteiger partial charge < -0.3 is 9.40 Å². The number of aromatic amines is 1. The van der Waals surface area contributed by atoms with E-state index in [0.29, 0.717) is 16.2 Å². The van der Waals surface area contributed by atoms with Crippen molar-refractivity contribution in [2.75, 3.05) is 0 Å². The van der Waals surface area contributed by atoms with Gasteiger partial charge in [0, 0.05) is 23.9 Å². The summed E-state index contributed by atoms with van der Waals surface area (Å²) >= 11 is 0. The highest BCUT2D eigenvalue weighted by Gasteiger charge is 2.15. The van der Waals surface area contributed by atoms with E-state index in [9.17, 15) is 14.4 Å². The zero-order valence-electron chi connectivity index (χ0n) is 12.0. The van der Waals surface area contributed by atoms with Crippen LogP contribution in [-0.2, 0) is 4.79 Å². The molecule has 1 amide bonds. The maximum atomic E-state index is 12.2. The summed E-state index contributed by atoms with van der Waals surface area (Å²) in [5, 5.41) is 2.64. The summed E-state index contributed by atoms with van der Waals surface area (Å²) in [4.78, 5) is 42.6. The van der Waals surface area contributed by atoms with Crippen molar-refractivity contribution in [2.45, 2.75) is 6.92 Å². The molecular weight excluding hydrogens is 296 g/mol. The van der Waals surface area contributed by atoms with Gasteiger partial charge in [-0.3, -0.25) is 4.79 Å². The van der Waals surface area contributed by atoms with Gasteiger partial charge in [0.15, 0.2) is 0 Å². The molecule has 0 bridgehead atoms. The lowest BCUT2D eigenvalue weighted by molar-refractivity contribution is -0.116. The lowest BCUT2D eigenvalue weighted by Crippen LogP contribution is -2.20. The van der Waals surface area contributed by atoms with E-state index in [1.54, 1.807) is 24.4 Å². The molecule has 2 aromatic carbocycles. The normalized spacial score (nSPS) is 12.5. The van der Waals surface area contributed by atoms with Gasteiger partial charge in [0.25, 0.3) is 0 Å². The van der Waals surface area contributed by atoms with Gasteiger partial charge in [0.2, 0.25) is 5.91 Å². The fourth-order valence-corrected chi connectivity index (χ4v) is 2.93. The number of nitrogens with zero attached hydrogens (tertiary/aromatic N) is 1. The van der Waals surface area contributed by atoms with Crippen LogP contribution in [0.5, 0.6) is 0 Å². The predicted octanol–water partition coefficient (Wildman–Crippen LogP) is 1.67. The summed E-state index contributed by atoms with van der Waals surface area (Å²) in [5.74, 6) is -0.431. The maximum Gasteiger partial charge on any atom is 0.348 e. The standard InChI is InChI=1S/C17H10N2O4/c1-8(20)19-12-5-4-10-13-11(16(21)23-17(22)14(12)13)7-9-3-2-6-18-15(9)10/h2-7,18H,1H3. The van der Waals surface area contributed by atoms with Crippen LogP contribution in [0.4, 0.5) is 0 Å². The molecule has 0 spiro atoms. The number of fused-ring (bicyclic) bond motifs is 2. The molecule has 0 unspecified atom stereocenters. The van der Waals surface area contributed by atoms with Crippen molar-refractivity contribution in [1.29, 1.82) is 0 Å². The number of hydrogen-bond acceptors (Lipinski definition) is 4. The average Bonchev–Trinajstić information content (AvgIpc) is 2.52. The molecule has 0 saturated heterocycles. The molecule has 4 rings (SSSR count). The fourth-order valence-electron chi connectivity index (χ4n) is 2.93. The van der Waals surface area contributed by atoms with Crippen LogP contribution in [0.2, 0.25) is 0 Å². The van der Waals surface area contributed by atoms with Crippen molar-refractivity contribution < 1.29 is 9.21 Å². The Labute approximate surface area is 128 Å². The molecule has 0 aliphatic heterocycles. The maximum absolute atomic E-state index is 12.2. The highest BCUT2D eigenvalue weighted by molar-refractivity contribution is 6.19. The molecule has 112 valence electrons. The van der Waals surface area contributed by atoms with Gasteiger partial charge in [0.1, 0.15) is 0 Å². The van der Waals surface area contributed by atoms with E-state index in [2.05, 4.69) is 9.98 Å². The Morgan fingerprint density at radius 1 is 1.09 bits per heavy atom. The number of carbonyl (C=O) groups is 1. The quantitative estimate of drug-likeness (QED) is 0.395. The fraction of sp³-hybridized carbons (Fsp3) is 0.0588. The topological polar surface area (TPSA) is 92.5 Å². The smallest absolute Gasteiger partial charge is 0.348 e. The summed E-state index contributed by atoms with van der Waals surface area (Å²) < 4.78 is 4.81. The molecule has 2 heterocycles. The molecule has 2 aromatic heterocycles. The Balaban J connectivity index is 2.44.